The van der Waals surface area contributed by atoms with Crippen LogP contribution in [0.15, 0.2) is 33.7 Å². The summed E-state index contributed by atoms with van der Waals surface area (Å²) < 4.78 is 30.8. The van der Waals surface area contributed by atoms with E-state index in [9.17, 15) is 8.42 Å². The number of anilines is 1. The molecule has 0 saturated carbocycles. The molecule has 0 amide bonds. The highest BCUT2D eigenvalue weighted by molar-refractivity contribution is 7.92. The minimum atomic E-state index is -3.76. The Bertz CT molecular complexity index is 713. The lowest BCUT2D eigenvalue weighted by Crippen LogP contribution is -2.13. The van der Waals surface area contributed by atoms with Gasteiger partial charge in [-0.3, -0.25) is 0 Å². The average Bonchev–Trinajstić information content (AvgIpc) is 2.75. The number of nitrogens with zero attached hydrogens (tertiary/aromatic N) is 3. The molecule has 2 aromatic rings. The Morgan fingerprint density at radius 1 is 1.37 bits per heavy atom. The molecule has 0 unspecified atom stereocenters. The molecule has 1 aromatic heterocycles. The van der Waals surface area contributed by atoms with E-state index in [0.29, 0.717) is 5.82 Å². The molecule has 98 valence electrons. The molecule has 0 aliphatic rings. The number of sulfonamides is 1. The normalized spacial score (nSPS) is 10.9. The molecule has 0 aliphatic carbocycles. The number of hydrogen-bond donors (Lipinski definition) is 1. The lowest BCUT2D eigenvalue weighted by Gasteiger charge is -2.04. The highest BCUT2D eigenvalue weighted by Crippen LogP contribution is 2.15. The Morgan fingerprint density at radius 3 is 2.58 bits per heavy atom. The summed E-state index contributed by atoms with van der Waals surface area (Å²) in [5.41, 5.74) is 0.745. The van der Waals surface area contributed by atoms with Gasteiger partial charge in [-0.15, -0.1) is 0 Å². The molecule has 0 bridgehead atoms. The van der Waals surface area contributed by atoms with Gasteiger partial charge in [0.1, 0.15) is 0 Å². The Balaban J connectivity index is 2.22. The Kier molecular flexibility index (Phi) is 3.48. The van der Waals surface area contributed by atoms with E-state index >= 15 is 0 Å². The first-order valence-corrected chi connectivity index (χ1v) is 6.78. The molecule has 19 heavy (non-hydrogen) atoms. The van der Waals surface area contributed by atoms with Crippen molar-refractivity contribution >= 4 is 16.0 Å². The van der Waals surface area contributed by atoms with Crippen molar-refractivity contribution in [2.45, 2.75) is 18.2 Å². The summed E-state index contributed by atoms with van der Waals surface area (Å²) in [5, 5.41) is 12.0. The molecular formula is C11H10N4O3S. The van der Waals surface area contributed by atoms with Gasteiger partial charge >= 0.3 is 6.01 Å². The van der Waals surface area contributed by atoms with Crippen molar-refractivity contribution in [2.75, 3.05) is 4.72 Å². The standard InChI is InChI=1S/C11H10N4O3S/c1-8-13-11(18-14-8)15-19(16,17)10-4-2-9(3-5-10)6-7-12/h2-5H,6H2,1H3,(H,13,14,15). The number of aromatic nitrogens is 2. The van der Waals surface area contributed by atoms with Gasteiger partial charge in [-0.1, -0.05) is 17.3 Å². The summed E-state index contributed by atoms with van der Waals surface area (Å²) in [6, 6.07) is 7.79. The predicted molar refractivity (Wildman–Crippen MR) is 65.6 cm³/mol. The van der Waals surface area contributed by atoms with Crippen molar-refractivity contribution in [1.29, 1.82) is 5.26 Å². The fourth-order valence-corrected chi connectivity index (χ4v) is 2.32. The number of benzene rings is 1. The molecule has 0 spiro atoms. The summed E-state index contributed by atoms with van der Waals surface area (Å²) in [5.74, 6) is 0.335. The molecule has 1 aromatic carbocycles. The Labute approximate surface area is 109 Å². The summed E-state index contributed by atoms with van der Waals surface area (Å²) >= 11 is 0. The quantitative estimate of drug-likeness (QED) is 0.901. The molecular weight excluding hydrogens is 268 g/mol. The van der Waals surface area contributed by atoms with Gasteiger partial charge in [0.05, 0.1) is 17.4 Å². The van der Waals surface area contributed by atoms with Gasteiger partial charge in [0.25, 0.3) is 10.0 Å². The van der Waals surface area contributed by atoms with Crippen LogP contribution in [0.2, 0.25) is 0 Å². The molecule has 0 atom stereocenters. The molecule has 0 radical (unpaired) electrons. The van der Waals surface area contributed by atoms with E-state index in [-0.39, 0.29) is 17.3 Å². The predicted octanol–water partition coefficient (Wildman–Crippen LogP) is 1.24. The van der Waals surface area contributed by atoms with E-state index in [0.717, 1.165) is 5.56 Å². The zero-order valence-corrected chi connectivity index (χ0v) is 10.8. The fourth-order valence-electron chi connectivity index (χ4n) is 1.39. The first kappa shape index (κ1) is 13.0. The van der Waals surface area contributed by atoms with Crippen LogP contribution >= 0.6 is 0 Å². The zero-order chi connectivity index (χ0) is 13.9. The highest BCUT2D eigenvalue weighted by atomic mass is 32.2. The molecule has 1 N–H and O–H groups in total. The minimum absolute atomic E-state index is 0.0602. The first-order chi connectivity index (χ1) is 9.01. The van der Waals surface area contributed by atoms with E-state index in [1.54, 1.807) is 19.1 Å². The number of nitriles is 1. The fraction of sp³-hybridized carbons (Fsp3) is 0.182. The van der Waals surface area contributed by atoms with Gasteiger partial charge in [-0.2, -0.15) is 10.2 Å². The topological polar surface area (TPSA) is 109 Å². The third-order valence-electron chi connectivity index (χ3n) is 2.27. The first-order valence-electron chi connectivity index (χ1n) is 5.30. The maximum Gasteiger partial charge on any atom is 0.335 e. The van der Waals surface area contributed by atoms with E-state index in [2.05, 4.69) is 19.4 Å². The zero-order valence-electron chi connectivity index (χ0n) is 9.99. The summed E-state index contributed by atoms with van der Waals surface area (Å²) in [6.45, 7) is 1.58. The van der Waals surface area contributed by atoms with Crippen LogP contribution < -0.4 is 4.72 Å². The SMILES string of the molecule is Cc1noc(NS(=O)(=O)c2ccc(CC#N)cc2)n1. The number of rotatable bonds is 4. The van der Waals surface area contributed by atoms with E-state index < -0.39 is 10.0 Å². The number of hydrogen-bond acceptors (Lipinski definition) is 6. The van der Waals surface area contributed by atoms with E-state index in [1.807, 2.05) is 6.07 Å². The van der Waals surface area contributed by atoms with Crippen LogP contribution in [0, 0.1) is 18.3 Å². The smallest absolute Gasteiger partial charge is 0.314 e. The maximum absolute atomic E-state index is 12.0. The summed E-state index contributed by atoms with van der Waals surface area (Å²) in [4.78, 5) is 3.82. The van der Waals surface area contributed by atoms with Crippen LogP contribution in [0.5, 0.6) is 0 Å². The van der Waals surface area contributed by atoms with E-state index in [1.165, 1.54) is 12.1 Å². The van der Waals surface area contributed by atoms with Crippen molar-refractivity contribution in [2.24, 2.45) is 0 Å². The summed E-state index contributed by atoms with van der Waals surface area (Å²) in [7, 11) is -3.76. The van der Waals surface area contributed by atoms with Crippen molar-refractivity contribution in [3.8, 4) is 6.07 Å². The second-order valence-corrected chi connectivity index (χ2v) is 5.41. The molecule has 0 saturated heterocycles. The van der Waals surface area contributed by atoms with Crippen LogP contribution in [-0.2, 0) is 16.4 Å². The van der Waals surface area contributed by atoms with Crippen LogP contribution in [-0.4, -0.2) is 18.6 Å². The Morgan fingerprint density at radius 2 is 2.05 bits per heavy atom. The third-order valence-corrected chi connectivity index (χ3v) is 3.60. The molecule has 1 heterocycles. The second-order valence-electron chi connectivity index (χ2n) is 3.73. The van der Waals surface area contributed by atoms with Gasteiger partial charge < -0.3 is 4.52 Å². The molecule has 2 rings (SSSR count). The number of aryl methyl sites for hydroxylation is 1. The lowest BCUT2D eigenvalue weighted by molar-refractivity contribution is 0.429. The average molecular weight is 278 g/mol. The van der Waals surface area contributed by atoms with Crippen molar-refractivity contribution < 1.29 is 12.9 Å². The number of nitrogens with one attached hydrogen (secondary N) is 1. The van der Waals surface area contributed by atoms with Crippen LogP contribution in [0.25, 0.3) is 0 Å². The molecule has 0 aliphatic heterocycles. The minimum Gasteiger partial charge on any atom is -0.314 e. The molecule has 0 fully saturated rings. The highest BCUT2D eigenvalue weighted by Gasteiger charge is 2.17. The van der Waals surface area contributed by atoms with Gasteiger partial charge in [-0.25, -0.2) is 13.1 Å². The summed E-state index contributed by atoms with van der Waals surface area (Å²) in [6.07, 6.45) is 0.233. The monoisotopic (exact) mass is 278 g/mol. The lowest BCUT2D eigenvalue weighted by atomic mass is 10.2. The van der Waals surface area contributed by atoms with Crippen LogP contribution in [0.1, 0.15) is 11.4 Å². The van der Waals surface area contributed by atoms with Crippen LogP contribution in [0.3, 0.4) is 0 Å². The molecule has 7 nitrogen and oxygen atoms in total. The van der Waals surface area contributed by atoms with Crippen molar-refractivity contribution in [1.82, 2.24) is 10.1 Å². The van der Waals surface area contributed by atoms with Gasteiger partial charge in [0, 0.05) is 0 Å². The van der Waals surface area contributed by atoms with Gasteiger partial charge in [0.15, 0.2) is 5.82 Å². The Hall–Kier alpha value is -2.40. The molecule has 8 heteroatoms. The van der Waals surface area contributed by atoms with Crippen molar-refractivity contribution in [3.05, 3.63) is 35.7 Å². The van der Waals surface area contributed by atoms with E-state index in [4.69, 9.17) is 5.26 Å². The maximum atomic E-state index is 12.0. The van der Waals surface area contributed by atoms with Gasteiger partial charge in [0.2, 0.25) is 0 Å². The largest absolute Gasteiger partial charge is 0.335 e. The second kappa shape index (κ2) is 5.07. The van der Waals surface area contributed by atoms with Crippen LogP contribution in [0.4, 0.5) is 6.01 Å². The third kappa shape index (κ3) is 3.08. The van der Waals surface area contributed by atoms with Gasteiger partial charge in [-0.05, 0) is 24.6 Å². The van der Waals surface area contributed by atoms with Crippen molar-refractivity contribution in [3.63, 3.8) is 0 Å².